The molecule has 9 heteroatoms. The first kappa shape index (κ1) is 25.2. The van der Waals surface area contributed by atoms with Gasteiger partial charge in [-0.05, 0) is 42.2 Å². The van der Waals surface area contributed by atoms with Gasteiger partial charge in [0.2, 0.25) is 11.8 Å². The summed E-state index contributed by atoms with van der Waals surface area (Å²) in [7, 11) is 3.21. The van der Waals surface area contributed by atoms with Crippen molar-refractivity contribution < 1.29 is 23.8 Å². The number of anilines is 1. The molecule has 2 amide bonds. The van der Waals surface area contributed by atoms with Crippen LogP contribution in [-0.4, -0.2) is 62.2 Å². The molecule has 0 unspecified atom stereocenters. The van der Waals surface area contributed by atoms with Gasteiger partial charge >= 0.3 is 0 Å². The molecule has 1 spiro atoms. The molecule has 9 nitrogen and oxygen atoms in total. The molecule has 1 fully saturated rings. The molecule has 0 saturated carbocycles. The van der Waals surface area contributed by atoms with E-state index in [2.05, 4.69) is 21.3 Å². The van der Waals surface area contributed by atoms with Crippen molar-refractivity contribution in [2.45, 2.75) is 30.8 Å². The minimum Gasteiger partial charge on any atom is -0.494 e. The molecule has 4 heterocycles. The number of hydrogen-bond donors (Lipinski definition) is 1. The fourth-order valence-corrected chi connectivity index (χ4v) is 6.40. The van der Waals surface area contributed by atoms with Crippen LogP contribution >= 0.6 is 0 Å². The molecule has 1 aromatic heterocycles. The summed E-state index contributed by atoms with van der Waals surface area (Å²) in [6, 6.07) is 17.3. The van der Waals surface area contributed by atoms with Gasteiger partial charge in [-0.1, -0.05) is 30.3 Å². The van der Waals surface area contributed by atoms with E-state index in [4.69, 9.17) is 14.2 Å². The van der Waals surface area contributed by atoms with E-state index in [9.17, 15) is 9.59 Å². The highest BCUT2D eigenvalue weighted by Gasteiger charge is 2.60. The number of pyridine rings is 1. The van der Waals surface area contributed by atoms with Gasteiger partial charge in [-0.25, -0.2) is 0 Å². The number of methoxy groups -OCH3 is 2. The number of carbonyl (C=O) groups excluding carboxylic acids is 2. The smallest absolute Gasteiger partial charge is 0.240 e. The molecular weight excluding hydrogens is 496 g/mol. The van der Waals surface area contributed by atoms with Crippen molar-refractivity contribution in [3.8, 4) is 17.2 Å². The van der Waals surface area contributed by atoms with Crippen LogP contribution in [0.4, 0.5) is 5.69 Å². The zero-order chi connectivity index (χ0) is 27.0. The van der Waals surface area contributed by atoms with Gasteiger partial charge in [0.25, 0.3) is 0 Å². The van der Waals surface area contributed by atoms with E-state index in [1.807, 2.05) is 42.5 Å². The van der Waals surface area contributed by atoms with Gasteiger partial charge in [0, 0.05) is 37.6 Å². The average molecular weight is 529 g/mol. The van der Waals surface area contributed by atoms with Crippen molar-refractivity contribution in [3.63, 3.8) is 0 Å². The Kier molecular flexibility index (Phi) is 6.60. The van der Waals surface area contributed by atoms with Crippen molar-refractivity contribution in [2.24, 2.45) is 0 Å². The van der Waals surface area contributed by atoms with E-state index in [0.29, 0.717) is 50.6 Å². The number of hydrogen-bond acceptors (Lipinski definition) is 7. The number of fused-ring (bicyclic) bond motifs is 6. The normalized spacial score (nSPS) is 22.8. The SMILES string of the molecule is COc1ccnc(CN2CC[C@]34C(=O)N(CC(=O)NCCCOc5cccc(c5)[C@H]23)c2ccccc24)c1OC. The maximum Gasteiger partial charge on any atom is 0.240 e. The molecule has 1 N–H and O–H groups in total. The predicted molar refractivity (Wildman–Crippen MR) is 145 cm³/mol. The lowest BCUT2D eigenvalue weighted by atomic mass is 9.72. The van der Waals surface area contributed by atoms with Crippen LogP contribution in [0.5, 0.6) is 17.2 Å². The maximum absolute atomic E-state index is 14.5. The largest absolute Gasteiger partial charge is 0.494 e. The number of para-hydroxylation sites is 1. The molecule has 4 bridgehead atoms. The standard InChI is InChI=1S/C30H32N4O5/c1-37-25-11-14-31-23(27(25)38-2)18-33-15-12-30-22-9-3-4-10-24(22)34(29(30)36)19-26(35)32-13-6-16-39-21-8-5-7-20(17-21)28(30)33/h3-5,7-11,14,17,28H,6,12-13,15-16,18-19H2,1-2H3,(H,32,35)/t28-,30+/m0/s1. The number of nitrogens with zero attached hydrogens (tertiary/aromatic N) is 3. The molecule has 1 saturated heterocycles. The van der Waals surface area contributed by atoms with Crippen LogP contribution < -0.4 is 24.4 Å². The summed E-state index contributed by atoms with van der Waals surface area (Å²) in [5, 5.41) is 2.94. The Labute approximate surface area is 227 Å². The second-order valence-corrected chi connectivity index (χ2v) is 10.1. The van der Waals surface area contributed by atoms with Gasteiger partial charge in [-0.15, -0.1) is 0 Å². The second kappa shape index (κ2) is 10.2. The number of carbonyl (C=O) groups is 2. The first-order valence-electron chi connectivity index (χ1n) is 13.3. The number of benzene rings is 2. The Hall–Kier alpha value is -4.11. The van der Waals surface area contributed by atoms with Crippen LogP contribution in [0, 0.1) is 0 Å². The Bertz CT molecular complexity index is 1410. The summed E-state index contributed by atoms with van der Waals surface area (Å²) in [5.74, 6) is 1.70. The minimum atomic E-state index is -0.869. The summed E-state index contributed by atoms with van der Waals surface area (Å²) in [6.07, 6.45) is 2.98. The number of likely N-dealkylation sites (tertiary alicyclic amines) is 1. The van der Waals surface area contributed by atoms with Crippen LogP contribution in [0.15, 0.2) is 60.8 Å². The van der Waals surface area contributed by atoms with Crippen molar-refractivity contribution >= 4 is 17.5 Å². The van der Waals surface area contributed by atoms with Crippen molar-refractivity contribution in [1.29, 1.82) is 0 Å². The van der Waals surface area contributed by atoms with Gasteiger partial charge in [0.15, 0.2) is 11.5 Å². The van der Waals surface area contributed by atoms with Crippen LogP contribution in [0.2, 0.25) is 0 Å². The van der Waals surface area contributed by atoms with Crippen LogP contribution in [0.25, 0.3) is 0 Å². The van der Waals surface area contributed by atoms with Crippen molar-refractivity contribution in [3.05, 3.63) is 77.6 Å². The number of ether oxygens (including phenoxy) is 3. The second-order valence-electron chi connectivity index (χ2n) is 10.1. The fraction of sp³-hybridized carbons (Fsp3) is 0.367. The molecule has 202 valence electrons. The first-order chi connectivity index (χ1) is 19.1. The van der Waals surface area contributed by atoms with Gasteiger partial charge in [0.05, 0.1) is 32.3 Å². The van der Waals surface area contributed by atoms with E-state index >= 15 is 0 Å². The monoisotopic (exact) mass is 528 g/mol. The van der Waals surface area contributed by atoms with Gasteiger partial charge in [-0.3, -0.25) is 19.5 Å². The topological polar surface area (TPSA) is 93.2 Å². The molecule has 3 aliphatic rings. The zero-order valence-electron chi connectivity index (χ0n) is 22.2. The molecule has 2 atom stereocenters. The lowest BCUT2D eigenvalue weighted by Crippen LogP contribution is -2.47. The summed E-state index contributed by atoms with van der Waals surface area (Å²) in [4.78, 5) is 36.0. The van der Waals surface area contributed by atoms with Crippen LogP contribution in [0.3, 0.4) is 0 Å². The maximum atomic E-state index is 14.5. The average Bonchev–Trinajstić information content (AvgIpc) is 3.44. The molecule has 6 rings (SSSR count). The summed E-state index contributed by atoms with van der Waals surface area (Å²) in [5.41, 5.74) is 2.59. The Balaban J connectivity index is 1.51. The lowest BCUT2D eigenvalue weighted by molar-refractivity contribution is -0.127. The zero-order valence-corrected chi connectivity index (χ0v) is 22.2. The number of aromatic nitrogens is 1. The van der Waals surface area contributed by atoms with Crippen molar-refractivity contribution in [1.82, 2.24) is 15.2 Å². The quantitative estimate of drug-likeness (QED) is 0.556. The first-order valence-corrected chi connectivity index (χ1v) is 13.3. The molecule has 3 aliphatic heterocycles. The fourth-order valence-electron chi connectivity index (χ4n) is 6.40. The third kappa shape index (κ3) is 4.17. The minimum absolute atomic E-state index is 0.0174. The Morgan fingerprint density at radius 2 is 1.97 bits per heavy atom. The highest BCUT2D eigenvalue weighted by molar-refractivity contribution is 6.11. The van der Waals surface area contributed by atoms with Gasteiger partial charge in [-0.2, -0.15) is 0 Å². The number of rotatable bonds is 4. The molecule has 3 aromatic rings. The molecule has 39 heavy (non-hydrogen) atoms. The highest BCUT2D eigenvalue weighted by Crippen LogP contribution is 2.57. The van der Waals surface area contributed by atoms with E-state index in [1.165, 1.54) is 0 Å². The number of amides is 2. The predicted octanol–water partition coefficient (Wildman–Crippen LogP) is 3.23. The molecule has 0 radical (unpaired) electrons. The van der Waals surface area contributed by atoms with Crippen LogP contribution in [-0.2, 0) is 21.5 Å². The van der Waals surface area contributed by atoms with Gasteiger partial charge < -0.3 is 24.4 Å². The molecular formula is C30H32N4O5. The van der Waals surface area contributed by atoms with Crippen molar-refractivity contribution in [2.75, 3.05) is 45.4 Å². The molecule has 2 aromatic carbocycles. The van der Waals surface area contributed by atoms with Gasteiger partial charge in [0.1, 0.15) is 18.0 Å². The van der Waals surface area contributed by atoms with E-state index in [1.54, 1.807) is 31.4 Å². The van der Waals surface area contributed by atoms with E-state index in [0.717, 1.165) is 28.3 Å². The summed E-state index contributed by atoms with van der Waals surface area (Å²) in [6.45, 7) is 2.05. The third-order valence-corrected chi connectivity index (χ3v) is 8.03. The highest BCUT2D eigenvalue weighted by atomic mass is 16.5. The third-order valence-electron chi connectivity index (χ3n) is 8.03. The van der Waals surface area contributed by atoms with E-state index < -0.39 is 5.41 Å². The van der Waals surface area contributed by atoms with E-state index in [-0.39, 0.29) is 24.4 Å². The molecule has 0 aliphatic carbocycles. The van der Waals surface area contributed by atoms with Crippen LogP contribution in [0.1, 0.15) is 35.7 Å². The Morgan fingerprint density at radius 1 is 1.10 bits per heavy atom. The lowest BCUT2D eigenvalue weighted by Gasteiger charge is -2.35. The summed E-state index contributed by atoms with van der Waals surface area (Å²) >= 11 is 0. The number of nitrogens with one attached hydrogen (secondary N) is 1. The Morgan fingerprint density at radius 3 is 2.82 bits per heavy atom. The summed E-state index contributed by atoms with van der Waals surface area (Å²) < 4.78 is 17.3.